The second kappa shape index (κ2) is 4.82. The third-order valence-electron chi connectivity index (χ3n) is 6.10. The molecule has 3 fully saturated rings. The van der Waals surface area contributed by atoms with Crippen LogP contribution in [0.25, 0.3) is 0 Å². The summed E-state index contributed by atoms with van der Waals surface area (Å²) in [5.74, 6) is 1.02. The van der Waals surface area contributed by atoms with E-state index in [9.17, 15) is 14.4 Å². The Morgan fingerprint density at radius 2 is 1.83 bits per heavy atom. The number of likely N-dealkylation sites (tertiary alicyclic amines) is 1. The minimum atomic E-state index is -0.336. The SMILES string of the molecule is O=C(CN1C(=O)[C@@H]2[C@H]3C=C[C@H]([C@H]4C[C@H]34)[C@@H]2C1=O)NCc1ccco1. The maximum absolute atomic E-state index is 12.7. The second-order valence-corrected chi connectivity index (χ2v) is 7.27. The first-order valence-electron chi connectivity index (χ1n) is 8.48. The summed E-state index contributed by atoms with van der Waals surface area (Å²) in [6.45, 7) is 0.0615. The molecule has 1 saturated heterocycles. The highest BCUT2D eigenvalue weighted by Crippen LogP contribution is 2.65. The van der Waals surface area contributed by atoms with Crippen LogP contribution in [-0.4, -0.2) is 29.2 Å². The fourth-order valence-electron chi connectivity index (χ4n) is 4.97. The number of hydrogen-bond donors (Lipinski definition) is 1. The van der Waals surface area contributed by atoms with Gasteiger partial charge in [0.2, 0.25) is 17.7 Å². The summed E-state index contributed by atoms with van der Waals surface area (Å²) >= 11 is 0. The predicted octanol–water partition coefficient (Wildman–Crippen LogP) is 0.949. The highest BCUT2D eigenvalue weighted by Gasteiger charge is 2.67. The zero-order valence-electron chi connectivity index (χ0n) is 13.1. The van der Waals surface area contributed by atoms with Gasteiger partial charge in [-0.1, -0.05) is 12.2 Å². The Morgan fingerprint density at radius 1 is 1.17 bits per heavy atom. The van der Waals surface area contributed by atoms with Crippen molar-refractivity contribution in [2.45, 2.75) is 13.0 Å². The molecule has 0 aromatic carbocycles. The van der Waals surface area contributed by atoms with E-state index in [1.54, 1.807) is 12.1 Å². The lowest BCUT2D eigenvalue weighted by molar-refractivity contribution is -0.143. The molecule has 124 valence electrons. The largest absolute Gasteiger partial charge is 0.467 e. The molecule has 2 heterocycles. The molecule has 0 unspecified atom stereocenters. The lowest BCUT2D eigenvalue weighted by Crippen LogP contribution is -2.41. The fraction of sp³-hybridized carbons (Fsp3) is 0.500. The van der Waals surface area contributed by atoms with Gasteiger partial charge in [-0.05, 0) is 42.2 Å². The Labute approximate surface area is 138 Å². The molecule has 1 aliphatic heterocycles. The molecule has 1 aromatic heterocycles. The van der Waals surface area contributed by atoms with Gasteiger partial charge < -0.3 is 9.73 Å². The molecular formula is C18H18N2O4. The van der Waals surface area contributed by atoms with Gasteiger partial charge >= 0.3 is 0 Å². The molecule has 2 saturated carbocycles. The van der Waals surface area contributed by atoms with Crippen molar-refractivity contribution in [1.29, 1.82) is 0 Å². The monoisotopic (exact) mass is 326 g/mol. The number of nitrogens with zero attached hydrogens (tertiary/aromatic N) is 1. The van der Waals surface area contributed by atoms with Gasteiger partial charge in [0, 0.05) is 0 Å². The Kier molecular flexibility index (Phi) is 2.81. The topological polar surface area (TPSA) is 79.6 Å². The molecule has 6 atom stereocenters. The van der Waals surface area contributed by atoms with E-state index in [0.717, 1.165) is 6.42 Å². The van der Waals surface area contributed by atoms with Crippen molar-refractivity contribution in [1.82, 2.24) is 10.2 Å². The van der Waals surface area contributed by atoms with Crippen molar-refractivity contribution >= 4 is 17.7 Å². The first-order chi connectivity index (χ1) is 11.6. The molecular weight excluding hydrogens is 308 g/mol. The molecule has 2 bridgehead atoms. The minimum absolute atomic E-state index is 0.164. The number of carbonyl (C=O) groups is 3. The molecule has 5 aliphatic rings. The number of imide groups is 1. The molecule has 6 heteroatoms. The summed E-state index contributed by atoms with van der Waals surface area (Å²) < 4.78 is 5.16. The third-order valence-corrected chi connectivity index (χ3v) is 6.10. The van der Waals surface area contributed by atoms with E-state index in [1.807, 2.05) is 0 Å². The Balaban J connectivity index is 1.29. The maximum Gasteiger partial charge on any atom is 0.240 e. The summed E-state index contributed by atoms with van der Waals surface area (Å²) in [6, 6.07) is 3.50. The zero-order valence-corrected chi connectivity index (χ0v) is 13.1. The van der Waals surface area contributed by atoms with E-state index in [1.165, 1.54) is 11.2 Å². The van der Waals surface area contributed by atoms with Crippen LogP contribution in [0.5, 0.6) is 0 Å². The van der Waals surface area contributed by atoms with E-state index >= 15 is 0 Å². The lowest BCUT2D eigenvalue weighted by atomic mass is 9.63. The molecule has 0 spiro atoms. The van der Waals surface area contributed by atoms with Gasteiger partial charge in [0.25, 0.3) is 0 Å². The summed E-state index contributed by atoms with van der Waals surface area (Å²) in [7, 11) is 0. The van der Waals surface area contributed by atoms with E-state index < -0.39 is 0 Å². The smallest absolute Gasteiger partial charge is 0.240 e. The van der Waals surface area contributed by atoms with Crippen molar-refractivity contribution < 1.29 is 18.8 Å². The number of allylic oxidation sites excluding steroid dienone is 2. The van der Waals surface area contributed by atoms with Crippen molar-refractivity contribution in [2.24, 2.45) is 35.5 Å². The summed E-state index contributed by atoms with van der Waals surface area (Å²) in [4.78, 5) is 38.8. The molecule has 24 heavy (non-hydrogen) atoms. The van der Waals surface area contributed by atoms with E-state index in [-0.39, 0.29) is 54.5 Å². The van der Waals surface area contributed by atoms with Gasteiger partial charge in [0.15, 0.2) is 0 Å². The summed E-state index contributed by atoms with van der Waals surface area (Å²) in [5, 5.41) is 2.70. The molecule has 3 amide bonds. The van der Waals surface area contributed by atoms with Crippen LogP contribution >= 0.6 is 0 Å². The number of hydrogen-bond acceptors (Lipinski definition) is 4. The Morgan fingerprint density at radius 3 is 2.42 bits per heavy atom. The average molecular weight is 326 g/mol. The van der Waals surface area contributed by atoms with Crippen LogP contribution in [0.15, 0.2) is 35.0 Å². The van der Waals surface area contributed by atoms with Gasteiger partial charge in [-0.2, -0.15) is 0 Å². The zero-order chi connectivity index (χ0) is 16.4. The number of carbonyl (C=O) groups excluding carboxylic acids is 3. The molecule has 0 radical (unpaired) electrons. The summed E-state index contributed by atoms with van der Waals surface area (Å²) in [6.07, 6.45) is 6.94. The van der Waals surface area contributed by atoms with E-state index in [0.29, 0.717) is 17.6 Å². The van der Waals surface area contributed by atoms with E-state index in [2.05, 4.69) is 17.5 Å². The Bertz CT molecular complexity index is 717. The molecule has 1 aromatic rings. The van der Waals surface area contributed by atoms with Crippen molar-refractivity contribution in [3.63, 3.8) is 0 Å². The number of rotatable bonds is 4. The average Bonchev–Trinajstić information content (AvgIpc) is 3.19. The highest BCUT2D eigenvalue weighted by atomic mass is 16.3. The van der Waals surface area contributed by atoms with Crippen molar-refractivity contribution in [3.8, 4) is 0 Å². The lowest BCUT2D eigenvalue weighted by Gasteiger charge is -2.37. The predicted molar refractivity (Wildman–Crippen MR) is 82.0 cm³/mol. The molecule has 4 aliphatic carbocycles. The molecule has 6 nitrogen and oxygen atoms in total. The van der Waals surface area contributed by atoms with E-state index in [4.69, 9.17) is 4.42 Å². The third kappa shape index (κ3) is 1.85. The van der Waals surface area contributed by atoms with Crippen molar-refractivity contribution in [2.75, 3.05) is 6.54 Å². The van der Waals surface area contributed by atoms with Crippen LogP contribution < -0.4 is 5.32 Å². The van der Waals surface area contributed by atoms with Gasteiger partial charge in [0.05, 0.1) is 24.6 Å². The van der Waals surface area contributed by atoms with Crippen LogP contribution in [0.4, 0.5) is 0 Å². The van der Waals surface area contributed by atoms with Crippen molar-refractivity contribution in [3.05, 3.63) is 36.3 Å². The fourth-order valence-corrected chi connectivity index (χ4v) is 4.97. The van der Waals surface area contributed by atoms with Gasteiger partial charge in [-0.25, -0.2) is 0 Å². The van der Waals surface area contributed by atoms with Crippen LogP contribution in [-0.2, 0) is 20.9 Å². The molecule has 1 N–H and O–H groups in total. The summed E-state index contributed by atoms with van der Waals surface area (Å²) in [5.41, 5.74) is 0. The number of nitrogens with one attached hydrogen (secondary N) is 1. The normalized spacial score (nSPS) is 38.2. The highest BCUT2D eigenvalue weighted by molar-refractivity contribution is 6.08. The number of amides is 3. The van der Waals surface area contributed by atoms with Crippen LogP contribution in [0.3, 0.4) is 0 Å². The van der Waals surface area contributed by atoms with Gasteiger partial charge in [-0.3, -0.25) is 19.3 Å². The van der Waals surface area contributed by atoms with Crippen LogP contribution in [0.1, 0.15) is 12.2 Å². The first kappa shape index (κ1) is 14.0. The number of furan rings is 1. The van der Waals surface area contributed by atoms with Gasteiger partial charge in [-0.15, -0.1) is 0 Å². The Hall–Kier alpha value is -2.37. The van der Waals surface area contributed by atoms with Crippen LogP contribution in [0.2, 0.25) is 0 Å². The van der Waals surface area contributed by atoms with Crippen LogP contribution in [0, 0.1) is 35.5 Å². The quantitative estimate of drug-likeness (QED) is 0.660. The minimum Gasteiger partial charge on any atom is -0.467 e. The maximum atomic E-state index is 12.7. The standard InChI is InChI=1S/C18H18N2O4/c21-14(19-7-9-2-1-5-24-9)8-20-17(22)15-10-3-4-11(13-6-12(10)13)16(15)18(20)23/h1-5,10-13,15-16H,6-8H2,(H,19,21)/t10-,11+,12-,13-,15+,16-/m1/s1. The van der Waals surface area contributed by atoms with Gasteiger partial charge in [0.1, 0.15) is 12.3 Å². The second-order valence-electron chi connectivity index (χ2n) is 7.27. The first-order valence-corrected chi connectivity index (χ1v) is 8.48. The molecule has 6 rings (SSSR count).